The van der Waals surface area contributed by atoms with E-state index in [1.165, 1.54) is 0 Å². The maximum atomic E-state index is 14.6. The van der Waals surface area contributed by atoms with Crippen LogP contribution in [-0.2, 0) is 0 Å². The molecule has 1 saturated carbocycles. The molecule has 2 aromatic carbocycles. The number of nitrogens with one attached hydrogen (secondary N) is 1. The van der Waals surface area contributed by atoms with Crippen LogP contribution in [0.3, 0.4) is 0 Å². The van der Waals surface area contributed by atoms with E-state index in [2.05, 4.69) is 26.8 Å². The molecule has 3 fully saturated rings. The van der Waals surface area contributed by atoms with Crippen molar-refractivity contribution in [2.45, 2.75) is 50.2 Å². The second kappa shape index (κ2) is 11.6. The lowest BCUT2D eigenvalue weighted by Crippen LogP contribution is -2.44. The molecule has 3 aromatic rings. The van der Waals surface area contributed by atoms with Crippen molar-refractivity contribution in [3.05, 3.63) is 114 Å². The third-order valence-electron chi connectivity index (χ3n) is 8.44. The Kier molecular flexibility index (Phi) is 7.75. The number of aliphatic imine (C=N–C) groups is 1. The van der Waals surface area contributed by atoms with E-state index in [0.717, 1.165) is 35.5 Å². The Hall–Kier alpha value is -4.14. The third kappa shape index (κ3) is 6.05. The molecular formula is C33H35F3N6. The van der Waals surface area contributed by atoms with Crippen molar-refractivity contribution in [1.29, 1.82) is 0 Å². The molecule has 42 heavy (non-hydrogen) atoms. The number of allylic oxidation sites excluding steroid dienone is 2. The molecule has 0 spiro atoms. The van der Waals surface area contributed by atoms with E-state index in [-0.39, 0.29) is 35.1 Å². The smallest absolute Gasteiger partial charge is 0.396 e. The molecule has 2 saturated heterocycles. The number of halogens is 3. The van der Waals surface area contributed by atoms with Crippen molar-refractivity contribution in [2.75, 3.05) is 18.0 Å². The van der Waals surface area contributed by atoms with E-state index in [0.29, 0.717) is 31.8 Å². The van der Waals surface area contributed by atoms with Gasteiger partial charge in [0, 0.05) is 48.3 Å². The lowest BCUT2D eigenvalue weighted by atomic mass is 9.82. The number of aromatic nitrogens is 2. The monoisotopic (exact) mass is 572 g/mol. The first-order chi connectivity index (χ1) is 20.3. The number of anilines is 1. The minimum atomic E-state index is -4.50. The van der Waals surface area contributed by atoms with Crippen LogP contribution in [0.5, 0.6) is 0 Å². The molecule has 6 rings (SSSR count). The van der Waals surface area contributed by atoms with Gasteiger partial charge in [0.15, 0.2) is 0 Å². The van der Waals surface area contributed by atoms with Crippen LogP contribution < -0.4 is 16.0 Å². The van der Waals surface area contributed by atoms with Gasteiger partial charge in [0.05, 0.1) is 24.0 Å². The number of rotatable bonds is 6. The fraction of sp³-hybridized carbons (Fsp3) is 0.364. The number of nitrogens with two attached hydrogens (primary N) is 1. The predicted molar refractivity (Wildman–Crippen MR) is 159 cm³/mol. The van der Waals surface area contributed by atoms with E-state index in [9.17, 15) is 13.2 Å². The molecule has 3 heterocycles. The minimum absolute atomic E-state index is 0.0438. The summed E-state index contributed by atoms with van der Waals surface area (Å²) in [6, 6.07) is 18.6. The first-order valence-corrected chi connectivity index (χ1v) is 14.5. The molecular weight excluding hydrogens is 537 g/mol. The van der Waals surface area contributed by atoms with Crippen molar-refractivity contribution >= 4 is 11.5 Å². The summed E-state index contributed by atoms with van der Waals surface area (Å²) >= 11 is 0. The summed E-state index contributed by atoms with van der Waals surface area (Å²) in [5, 5.41) is 3.10. The molecule has 1 aliphatic carbocycles. The van der Waals surface area contributed by atoms with Gasteiger partial charge in [0.25, 0.3) is 0 Å². The average Bonchev–Trinajstić information content (AvgIpc) is 3.86. The molecule has 3 N–H and O–H groups in total. The summed E-state index contributed by atoms with van der Waals surface area (Å²) in [6.07, 6.45) is 2.48. The molecule has 9 heteroatoms. The standard InChI is InChI=1S/C33H35F3N6/c1-21-18-27(33(34,35)36)28(32(40-21)41-30(23-8-4-2-5-9-23)24-10-6-3-7-11-24)29(37)22-14-16-42(17-15-22)26-19-38-31(39-20-26)25-12-13-25/h2-11,19-20,22,25,27,30H,1,12-18,37H2,(H,40,41). The molecule has 1 atom stereocenters. The van der Waals surface area contributed by atoms with Gasteiger partial charge in [-0.05, 0) is 36.8 Å². The molecule has 0 bridgehead atoms. The molecule has 2 aliphatic heterocycles. The Labute approximate surface area is 244 Å². The van der Waals surface area contributed by atoms with Gasteiger partial charge < -0.3 is 16.0 Å². The quantitative estimate of drug-likeness (QED) is 0.346. The van der Waals surface area contributed by atoms with Gasteiger partial charge in [-0.15, -0.1) is 0 Å². The topological polar surface area (TPSA) is 79.4 Å². The summed E-state index contributed by atoms with van der Waals surface area (Å²) in [7, 11) is 0. The van der Waals surface area contributed by atoms with Crippen LogP contribution in [-0.4, -0.2) is 35.1 Å². The Bertz CT molecular complexity index is 1420. The van der Waals surface area contributed by atoms with Gasteiger partial charge >= 0.3 is 6.18 Å². The highest BCUT2D eigenvalue weighted by atomic mass is 19.4. The zero-order valence-corrected chi connectivity index (χ0v) is 23.4. The number of amidine groups is 1. The summed E-state index contributed by atoms with van der Waals surface area (Å²) in [5.74, 6) is -0.465. The number of benzene rings is 2. The fourth-order valence-electron chi connectivity index (χ4n) is 5.98. The van der Waals surface area contributed by atoms with Crippen LogP contribution >= 0.6 is 0 Å². The molecule has 6 nitrogen and oxygen atoms in total. The molecule has 3 aliphatic rings. The predicted octanol–water partition coefficient (Wildman–Crippen LogP) is 6.66. The van der Waals surface area contributed by atoms with Gasteiger partial charge in [0.2, 0.25) is 0 Å². The van der Waals surface area contributed by atoms with Crippen LogP contribution in [0.1, 0.15) is 61.0 Å². The van der Waals surface area contributed by atoms with Gasteiger partial charge in [-0.25, -0.2) is 9.97 Å². The minimum Gasteiger partial charge on any atom is -0.401 e. The van der Waals surface area contributed by atoms with E-state index in [4.69, 9.17) is 10.7 Å². The van der Waals surface area contributed by atoms with E-state index in [1.54, 1.807) is 0 Å². The van der Waals surface area contributed by atoms with Crippen LogP contribution in [0.4, 0.5) is 18.9 Å². The number of piperidine rings is 2. The summed E-state index contributed by atoms with van der Waals surface area (Å²) in [6.45, 7) is 5.19. The fourth-order valence-corrected chi connectivity index (χ4v) is 5.98. The Morgan fingerprint density at radius 1 is 0.929 bits per heavy atom. The third-order valence-corrected chi connectivity index (χ3v) is 8.44. The summed E-state index contributed by atoms with van der Waals surface area (Å²) in [5.41, 5.74) is 9.99. The van der Waals surface area contributed by atoms with E-state index >= 15 is 0 Å². The molecule has 0 amide bonds. The van der Waals surface area contributed by atoms with Crippen molar-refractivity contribution < 1.29 is 13.2 Å². The maximum absolute atomic E-state index is 14.6. The van der Waals surface area contributed by atoms with Crippen LogP contribution in [0.25, 0.3) is 0 Å². The number of alkyl halides is 3. The van der Waals surface area contributed by atoms with Gasteiger partial charge in [-0.3, -0.25) is 4.99 Å². The molecule has 1 unspecified atom stereocenters. The lowest BCUT2D eigenvalue weighted by molar-refractivity contribution is -0.163. The van der Waals surface area contributed by atoms with Gasteiger partial charge in [0.1, 0.15) is 17.7 Å². The largest absolute Gasteiger partial charge is 0.401 e. The van der Waals surface area contributed by atoms with E-state index < -0.39 is 18.1 Å². The molecule has 0 radical (unpaired) electrons. The number of hydrogen-bond donors (Lipinski definition) is 2. The SMILES string of the molecule is C=C1CC(C(F)(F)F)C(=C(N)C2CCN(c3cnc(C4CC4)nc3)CC2)C(=NC(c2ccccc2)c2ccccc2)N1. The molecule has 1 aromatic heterocycles. The first-order valence-electron chi connectivity index (χ1n) is 14.5. The van der Waals surface area contributed by atoms with Crippen molar-refractivity contribution in [3.63, 3.8) is 0 Å². The van der Waals surface area contributed by atoms with Crippen LogP contribution in [0.15, 0.2) is 102 Å². The van der Waals surface area contributed by atoms with Crippen LogP contribution in [0, 0.1) is 11.8 Å². The highest BCUT2D eigenvalue weighted by molar-refractivity contribution is 6.02. The van der Waals surface area contributed by atoms with Crippen molar-refractivity contribution in [1.82, 2.24) is 15.3 Å². The Morgan fingerprint density at radius 3 is 2.02 bits per heavy atom. The zero-order valence-electron chi connectivity index (χ0n) is 23.4. The number of nitrogens with zero attached hydrogens (tertiary/aromatic N) is 4. The van der Waals surface area contributed by atoms with Gasteiger partial charge in [-0.1, -0.05) is 67.2 Å². The van der Waals surface area contributed by atoms with E-state index in [1.807, 2.05) is 73.1 Å². The molecule has 218 valence electrons. The lowest BCUT2D eigenvalue weighted by Gasteiger charge is -2.37. The maximum Gasteiger partial charge on any atom is 0.396 e. The van der Waals surface area contributed by atoms with Crippen molar-refractivity contribution in [3.8, 4) is 0 Å². The highest BCUT2D eigenvalue weighted by Crippen LogP contribution is 2.43. The second-order valence-electron chi connectivity index (χ2n) is 11.4. The average molecular weight is 573 g/mol. The highest BCUT2D eigenvalue weighted by Gasteiger charge is 2.47. The summed E-state index contributed by atoms with van der Waals surface area (Å²) in [4.78, 5) is 16.2. The second-order valence-corrected chi connectivity index (χ2v) is 11.4. The van der Waals surface area contributed by atoms with Crippen LogP contribution in [0.2, 0.25) is 0 Å². The normalized spacial score (nSPS) is 22.4. The zero-order chi connectivity index (χ0) is 29.3. The Morgan fingerprint density at radius 2 is 1.50 bits per heavy atom. The summed E-state index contributed by atoms with van der Waals surface area (Å²) < 4.78 is 43.8. The number of hydrogen-bond acceptors (Lipinski definition) is 5. The Balaban J connectivity index is 1.33. The first kappa shape index (κ1) is 28.0. The van der Waals surface area contributed by atoms with Crippen molar-refractivity contribution in [2.24, 2.45) is 22.6 Å². The van der Waals surface area contributed by atoms with Gasteiger partial charge in [-0.2, -0.15) is 13.2 Å².